The lowest BCUT2D eigenvalue weighted by Crippen LogP contribution is -2.14. The third-order valence-electron chi connectivity index (χ3n) is 5.94. The Balaban J connectivity index is 1.18. The number of carbonyl (C=O) groups is 1. The molecule has 13 heteroatoms. The van der Waals surface area contributed by atoms with Gasteiger partial charge in [-0.25, -0.2) is 4.98 Å². The number of ether oxygens (including phenoxy) is 1. The number of thioether (sulfide) groups is 2. The molecule has 2 aromatic heterocycles. The number of amides is 1. The molecular weight excluding hydrogens is 569 g/mol. The first kappa shape index (κ1) is 27.6. The number of non-ortho nitro benzene ring substituents is 1. The maximum Gasteiger partial charge on any atom is 0.270 e. The Morgan fingerprint density at radius 2 is 1.93 bits per heavy atom. The van der Waals surface area contributed by atoms with Crippen LogP contribution in [0.5, 0.6) is 5.75 Å². The average Bonchev–Trinajstić information content (AvgIpc) is 3.53. The fraction of sp³-hybridized carbons (Fsp3) is 0.185. The number of benzene rings is 3. The lowest BCUT2D eigenvalue weighted by molar-refractivity contribution is -0.384. The molecule has 2 heterocycles. The second kappa shape index (κ2) is 12.5. The molecule has 0 spiro atoms. The van der Waals surface area contributed by atoms with Gasteiger partial charge in [-0.2, -0.15) is 0 Å². The molecule has 1 amide bonds. The summed E-state index contributed by atoms with van der Waals surface area (Å²) in [6, 6.07) is 20.2. The number of carbonyl (C=O) groups excluding carboxylic acids is 1. The first-order valence-corrected chi connectivity index (χ1v) is 14.9. The van der Waals surface area contributed by atoms with E-state index in [0.29, 0.717) is 28.8 Å². The third-order valence-corrected chi connectivity index (χ3v) is 9.17. The lowest BCUT2D eigenvalue weighted by Gasteiger charge is -2.06. The number of anilines is 1. The van der Waals surface area contributed by atoms with Crippen LogP contribution in [-0.2, 0) is 24.0 Å². The fourth-order valence-corrected chi connectivity index (χ4v) is 6.72. The maximum absolute atomic E-state index is 12.7. The second-order valence-corrected chi connectivity index (χ2v) is 11.9. The second-order valence-electron chi connectivity index (χ2n) is 8.66. The Kier molecular flexibility index (Phi) is 8.63. The van der Waals surface area contributed by atoms with Gasteiger partial charge in [-0.05, 0) is 29.8 Å². The van der Waals surface area contributed by atoms with Gasteiger partial charge in [0.05, 0.1) is 28.0 Å². The standard InChI is InChI=1S/C27H24N6O4S3/c1-32-24(12-17-6-4-3-5-7-17)30-31-26(32)38-16-25(34)28-19-8-10-21-23(14-19)40-27(29-21)39-15-18-13-20(33(35)36)9-11-22(18)37-2/h3-11,13-14H,12,15-16H2,1-2H3,(H,28,34). The Morgan fingerprint density at radius 1 is 1.10 bits per heavy atom. The quantitative estimate of drug-likeness (QED) is 0.112. The normalized spacial score (nSPS) is 11.1. The Bertz CT molecular complexity index is 1670. The topological polar surface area (TPSA) is 125 Å². The fourth-order valence-electron chi connectivity index (χ4n) is 3.90. The van der Waals surface area contributed by atoms with Crippen LogP contribution in [0.25, 0.3) is 10.2 Å². The van der Waals surface area contributed by atoms with Crippen molar-refractivity contribution in [3.05, 3.63) is 93.8 Å². The third kappa shape index (κ3) is 6.61. The summed E-state index contributed by atoms with van der Waals surface area (Å²) in [5, 5.41) is 23.3. The van der Waals surface area contributed by atoms with Gasteiger partial charge in [-0.15, -0.1) is 21.5 Å². The lowest BCUT2D eigenvalue weighted by atomic mass is 10.1. The van der Waals surface area contributed by atoms with Crippen LogP contribution in [0.4, 0.5) is 11.4 Å². The zero-order chi connectivity index (χ0) is 28.1. The first-order valence-electron chi connectivity index (χ1n) is 12.1. The van der Waals surface area contributed by atoms with E-state index in [1.165, 1.54) is 54.1 Å². The highest BCUT2D eigenvalue weighted by molar-refractivity contribution is 8.00. The van der Waals surface area contributed by atoms with Crippen LogP contribution in [0.3, 0.4) is 0 Å². The number of methoxy groups -OCH3 is 1. The Morgan fingerprint density at radius 3 is 2.70 bits per heavy atom. The highest BCUT2D eigenvalue weighted by Gasteiger charge is 2.15. The average molecular weight is 593 g/mol. The van der Waals surface area contributed by atoms with E-state index in [1.54, 1.807) is 6.07 Å². The number of thiazole rings is 1. The van der Waals surface area contributed by atoms with Gasteiger partial charge in [-0.3, -0.25) is 14.9 Å². The summed E-state index contributed by atoms with van der Waals surface area (Å²) in [6.45, 7) is 0. The van der Waals surface area contributed by atoms with Crippen LogP contribution in [0.15, 0.2) is 76.2 Å². The smallest absolute Gasteiger partial charge is 0.270 e. The van der Waals surface area contributed by atoms with E-state index in [-0.39, 0.29) is 17.3 Å². The van der Waals surface area contributed by atoms with E-state index < -0.39 is 4.92 Å². The zero-order valence-electron chi connectivity index (χ0n) is 21.6. The summed E-state index contributed by atoms with van der Waals surface area (Å²) in [5.74, 6) is 1.96. The van der Waals surface area contributed by atoms with Gasteiger partial charge in [-0.1, -0.05) is 53.9 Å². The van der Waals surface area contributed by atoms with Crippen LogP contribution in [0.1, 0.15) is 17.0 Å². The van der Waals surface area contributed by atoms with Crippen molar-refractivity contribution in [1.29, 1.82) is 0 Å². The van der Waals surface area contributed by atoms with Crippen LogP contribution >= 0.6 is 34.9 Å². The van der Waals surface area contributed by atoms with Crippen molar-refractivity contribution >= 4 is 62.4 Å². The molecule has 0 aliphatic heterocycles. The number of aromatic nitrogens is 4. The van der Waals surface area contributed by atoms with Gasteiger partial charge in [0.1, 0.15) is 11.6 Å². The number of nitrogens with zero attached hydrogens (tertiary/aromatic N) is 5. The monoisotopic (exact) mass is 592 g/mol. The molecular formula is C27H24N6O4S3. The maximum atomic E-state index is 12.7. The van der Waals surface area contributed by atoms with Gasteiger partial charge >= 0.3 is 0 Å². The van der Waals surface area contributed by atoms with Crippen molar-refractivity contribution < 1.29 is 14.5 Å². The van der Waals surface area contributed by atoms with Crippen molar-refractivity contribution in [1.82, 2.24) is 19.7 Å². The molecule has 0 saturated carbocycles. The summed E-state index contributed by atoms with van der Waals surface area (Å²) >= 11 is 4.31. The van der Waals surface area contributed by atoms with E-state index in [2.05, 4.69) is 20.5 Å². The van der Waals surface area contributed by atoms with Crippen LogP contribution in [-0.4, -0.2) is 43.4 Å². The molecule has 1 N–H and O–H groups in total. The van der Waals surface area contributed by atoms with Crippen molar-refractivity contribution in [2.24, 2.45) is 7.05 Å². The molecule has 5 aromatic rings. The minimum Gasteiger partial charge on any atom is -0.496 e. The van der Waals surface area contributed by atoms with Gasteiger partial charge < -0.3 is 14.6 Å². The predicted molar refractivity (Wildman–Crippen MR) is 158 cm³/mol. The van der Waals surface area contributed by atoms with E-state index in [9.17, 15) is 14.9 Å². The molecule has 0 bridgehead atoms. The van der Waals surface area contributed by atoms with Crippen molar-refractivity contribution in [2.45, 2.75) is 21.7 Å². The highest BCUT2D eigenvalue weighted by Crippen LogP contribution is 2.35. The molecule has 0 radical (unpaired) electrons. The predicted octanol–water partition coefficient (Wildman–Crippen LogP) is 5.96. The van der Waals surface area contributed by atoms with E-state index in [1.807, 2.05) is 60.1 Å². The summed E-state index contributed by atoms with van der Waals surface area (Å²) in [7, 11) is 3.44. The molecule has 204 valence electrons. The molecule has 40 heavy (non-hydrogen) atoms. The molecule has 0 atom stereocenters. The largest absolute Gasteiger partial charge is 0.496 e. The van der Waals surface area contributed by atoms with Gasteiger partial charge in [0.25, 0.3) is 5.69 Å². The van der Waals surface area contributed by atoms with Gasteiger partial charge in [0.2, 0.25) is 5.91 Å². The highest BCUT2D eigenvalue weighted by atomic mass is 32.2. The minimum absolute atomic E-state index is 0.0195. The molecule has 0 saturated heterocycles. The molecule has 3 aromatic carbocycles. The zero-order valence-corrected chi connectivity index (χ0v) is 24.0. The summed E-state index contributed by atoms with van der Waals surface area (Å²) in [5.41, 5.74) is 3.39. The van der Waals surface area contributed by atoms with Crippen molar-refractivity contribution in [3.63, 3.8) is 0 Å². The van der Waals surface area contributed by atoms with E-state index in [4.69, 9.17) is 4.74 Å². The summed E-state index contributed by atoms with van der Waals surface area (Å²) in [4.78, 5) is 28.0. The number of hydrogen-bond acceptors (Lipinski definition) is 10. The molecule has 0 aliphatic rings. The SMILES string of the molecule is COc1ccc([N+](=O)[O-])cc1CSc1nc2ccc(NC(=O)CSc3nnc(Cc4ccccc4)n3C)cc2s1. The van der Waals surface area contributed by atoms with Crippen molar-refractivity contribution in [2.75, 3.05) is 18.2 Å². The number of nitrogens with one attached hydrogen (secondary N) is 1. The Labute approximate surface area is 242 Å². The number of rotatable bonds is 11. The van der Waals surface area contributed by atoms with Crippen LogP contribution in [0, 0.1) is 10.1 Å². The summed E-state index contributed by atoms with van der Waals surface area (Å²) < 4.78 is 9.01. The number of nitro benzene ring substituents is 1. The van der Waals surface area contributed by atoms with Crippen molar-refractivity contribution in [3.8, 4) is 5.75 Å². The molecule has 5 rings (SSSR count). The van der Waals surface area contributed by atoms with Gasteiger partial charge in [0, 0.05) is 42.6 Å². The number of hydrogen-bond donors (Lipinski definition) is 1. The molecule has 0 aliphatic carbocycles. The number of fused-ring (bicyclic) bond motifs is 1. The van der Waals surface area contributed by atoms with Crippen LogP contribution in [0.2, 0.25) is 0 Å². The number of nitro groups is 1. The Hall–Kier alpha value is -3.94. The van der Waals surface area contributed by atoms with E-state index >= 15 is 0 Å². The van der Waals surface area contributed by atoms with E-state index in [0.717, 1.165) is 31.5 Å². The first-order chi connectivity index (χ1) is 19.4. The minimum atomic E-state index is -0.420. The molecule has 10 nitrogen and oxygen atoms in total. The molecule has 0 fully saturated rings. The van der Waals surface area contributed by atoms with Crippen LogP contribution < -0.4 is 10.1 Å². The molecule has 0 unspecified atom stereocenters. The van der Waals surface area contributed by atoms with Gasteiger partial charge in [0.15, 0.2) is 9.50 Å². The summed E-state index contributed by atoms with van der Waals surface area (Å²) in [6.07, 6.45) is 0.672.